The highest BCUT2D eigenvalue weighted by molar-refractivity contribution is 5.36. The fourth-order valence-electron chi connectivity index (χ4n) is 2.09. The minimum Gasteiger partial charge on any atom is -0.467 e. The zero-order valence-corrected chi connectivity index (χ0v) is 11.3. The molecule has 8 heteroatoms. The summed E-state index contributed by atoms with van der Waals surface area (Å²) < 4.78 is 10.5. The normalized spacial score (nSPS) is 19.0. The van der Waals surface area contributed by atoms with Crippen molar-refractivity contribution in [1.82, 2.24) is 15.0 Å². The number of nitrogens with one attached hydrogen (secondary N) is 1. The Balaban J connectivity index is 2.06. The fraction of sp³-hybridized carbons (Fsp3) is 0.727. The minimum atomic E-state index is 0.240. The highest BCUT2D eigenvalue weighted by Crippen LogP contribution is 2.18. The number of methoxy groups -OCH3 is 1. The standard InChI is InChI=1S/C11H20N6O2/c1-17(6-8-4-3-5-19-7-8)10-13-9(16-12)14-11(15-10)18-2/h8H,3-7,12H2,1-2H3,(H,13,14,15,16). The number of nitrogen functional groups attached to an aromatic ring is 1. The monoisotopic (exact) mass is 268 g/mol. The molecule has 1 saturated heterocycles. The summed E-state index contributed by atoms with van der Waals surface area (Å²) >= 11 is 0. The molecule has 3 N–H and O–H groups in total. The van der Waals surface area contributed by atoms with E-state index in [0.717, 1.165) is 32.6 Å². The van der Waals surface area contributed by atoms with Crippen LogP contribution in [0.15, 0.2) is 0 Å². The molecule has 1 atom stereocenters. The van der Waals surface area contributed by atoms with Gasteiger partial charge in [0.25, 0.3) is 0 Å². The summed E-state index contributed by atoms with van der Waals surface area (Å²) in [5.74, 6) is 6.64. The molecule has 19 heavy (non-hydrogen) atoms. The van der Waals surface area contributed by atoms with E-state index in [1.54, 1.807) is 0 Å². The largest absolute Gasteiger partial charge is 0.467 e. The highest BCUT2D eigenvalue weighted by Gasteiger charge is 2.18. The van der Waals surface area contributed by atoms with E-state index in [-0.39, 0.29) is 12.0 Å². The van der Waals surface area contributed by atoms with Crippen LogP contribution in [0.2, 0.25) is 0 Å². The minimum absolute atomic E-state index is 0.240. The van der Waals surface area contributed by atoms with Crippen LogP contribution < -0.4 is 20.9 Å². The van der Waals surface area contributed by atoms with Crippen LogP contribution >= 0.6 is 0 Å². The van der Waals surface area contributed by atoms with Gasteiger partial charge in [-0.15, -0.1) is 0 Å². The average molecular weight is 268 g/mol. The molecule has 0 radical (unpaired) electrons. The Hall–Kier alpha value is -1.67. The van der Waals surface area contributed by atoms with Crippen LogP contribution in [0.1, 0.15) is 12.8 Å². The third kappa shape index (κ3) is 3.65. The first-order valence-electron chi connectivity index (χ1n) is 6.28. The third-order valence-corrected chi connectivity index (χ3v) is 3.04. The van der Waals surface area contributed by atoms with Gasteiger partial charge in [-0.2, -0.15) is 15.0 Å². The van der Waals surface area contributed by atoms with Crippen molar-refractivity contribution in [3.63, 3.8) is 0 Å². The highest BCUT2D eigenvalue weighted by atomic mass is 16.5. The van der Waals surface area contributed by atoms with E-state index in [4.69, 9.17) is 15.3 Å². The summed E-state index contributed by atoms with van der Waals surface area (Å²) in [4.78, 5) is 14.4. The number of nitrogens with two attached hydrogens (primary N) is 1. The van der Waals surface area contributed by atoms with Gasteiger partial charge in [0.1, 0.15) is 0 Å². The number of hydrogen-bond donors (Lipinski definition) is 2. The molecule has 0 amide bonds. The number of aromatic nitrogens is 3. The molecule has 2 heterocycles. The van der Waals surface area contributed by atoms with Crippen LogP contribution in [0, 0.1) is 5.92 Å². The zero-order valence-electron chi connectivity index (χ0n) is 11.3. The molecule has 0 saturated carbocycles. The number of hydrazine groups is 1. The zero-order chi connectivity index (χ0) is 13.7. The lowest BCUT2D eigenvalue weighted by molar-refractivity contribution is 0.0575. The maximum Gasteiger partial charge on any atom is 0.322 e. The van der Waals surface area contributed by atoms with E-state index < -0.39 is 0 Å². The van der Waals surface area contributed by atoms with Gasteiger partial charge in [0.15, 0.2) is 0 Å². The van der Waals surface area contributed by atoms with Crippen LogP contribution in [-0.4, -0.2) is 48.9 Å². The van der Waals surface area contributed by atoms with Crippen molar-refractivity contribution in [3.8, 4) is 6.01 Å². The molecule has 0 aromatic carbocycles. The molecular weight excluding hydrogens is 248 g/mol. The first-order chi connectivity index (χ1) is 9.22. The Bertz CT molecular complexity index is 388. The summed E-state index contributed by atoms with van der Waals surface area (Å²) in [6.45, 7) is 2.48. The van der Waals surface area contributed by atoms with Crippen LogP contribution in [-0.2, 0) is 4.74 Å². The third-order valence-electron chi connectivity index (χ3n) is 3.04. The number of hydrogen-bond acceptors (Lipinski definition) is 8. The number of ether oxygens (including phenoxy) is 2. The smallest absolute Gasteiger partial charge is 0.322 e. The predicted molar refractivity (Wildman–Crippen MR) is 71.0 cm³/mol. The van der Waals surface area contributed by atoms with Crippen LogP contribution in [0.4, 0.5) is 11.9 Å². The summed E-state index contributed by atoms with van der Waals surface area (Å²) in [6.07, 6.45) is 2.27. The van der Waals surface area contributed by atoms with E-state index in [1.807, 2.05) is 11.9 Å². The fourth-order valence-corrected chi connectivity index (χ4v) is 2.09. The van der Waals surface area contributed by atoms with Crippen LogP contribution in [0.25, 0.3) is 0 Å². The Morgan fingerprint density at radius 3 is 2.95 bits per heavy atom. The Morgan fingerprint density at radius 2 is 2.32 bits per heavy atom. The van der Waals surface area contributed by atoms with Crippen molar-refractivity contribution in [2.45, 2.75) is 12.8 Å². The second kappa shape index (κ2) is 6.48. The molecular formula is C11H20N6O2. The van der Waals surface area contributed by atoms with Gasteiger partial charge in [-0.1, -0.05) is 0 Å². The molecule has 1 unspecified atom stereocenters. The molecule has 1 aliphatic rings. The van der Waals surface area contributed by atoms with Crippen LogP contribution in [0.3, 0.4) is 0 Å². The van der Waals surface area contributed by atoms with E-state index in [0.29, 0.717) is 11.9 Å². The Morgan fingerprint density at radius 1 is 1.47 bits per heavy atom. The molecule has 0 spiro atoms. The van der Waals surface area contributed by atoms with Crippen molar-refractivity contribution in [3.05, 3.63) is 0 Å². The Kier molecular flexibility index (Phi) is 4.69. The molecule has 0 aliphatic carbocycles. The molecule has 0 bridgehead atoms. The molecule has 1 aliphatic heterocycles. The quantitative estimate of drug-likeness (QED) is 0.570. The van der Waals surface area contributed by atoms with Gasteiger partial charge in [0.2, 0.25) is 11.9 Å². The average Bonchev–Trinajstić information content (AvgIpc) is 2.47. The van der Waals surface area contributed by atoms with Crippen molar-refractivity contribution in [2.24, 2.45) is 11.8 Å². The summed E-state index contributed by atoms with van der Waals surface area (Å²) in [6, 6.07) is 0.240. The Labute approximate surface area is 112 Å². The summed E-state index contributed by atoms with van der Waals surface area (Å²) in [5.41, 5.74) is 2.41. The van der Waals surface area contributed by atoms with Gasteiger partial charge in [-0.3, -0.25) is 5.43 Å². The SMILES string of the molecule is COc1nc(NN)nc(N(C)CC2CCCOC2)n1. The second-order valence-electron chi connectivity index (χ2n) is 4.55. The van der Waals surface area contributed by atoms with Crippen molar-refractivity contribution in [1.29, 1.82) is 0 Å². The lowest BCUT2D eigenvalue weighted by Crippen LogP contribution is -2.32. The lowest BCUT2D eigenvalue weighted by atomic mass is 10.0. The topological polar surface area (TPSA) is 98.4 Å². The first kappa shape index (κ1) is 13.8. The second-order valence-corrected chi connectivity index (χ2v) is 4.55. The van der Waals surface area contributed by atoms with E-state index >= 15 is 0 Å². The number of anilines is 2. The van der Waals surface area contributed by atoms with Crippen molar-refractivity contribution >= 4 is 11.9 Å². The van der Waals surface area contributed by atoms with Gasteiger partial charge >= 0.3 is 6.01 Å². The lowest BCUT2D eigenvalue weighted by Gasteiger charge is -2.27. The number of nitrogens with zero attached hydrogens (tertiary/aromatic N) is 4. The number of rotatable bonds is 5. The van der Waals surface area contributed by atoms with Gasteiger partial charge in [-0.05, 0) is 18.8 Å². The molecule has 8 nitrogen and oxygen atoms in total. The van der Waals surface area contributed by atoms with Crippen molar-refractivity contribution in [2.75, 3.05) is 44.2 Å². The molecule has 106 valence electrons. The maximum atomic E-state index is 5.47. The van der Waals surface area contributed by atoms with Crippen LogP contribution in [0.5, 0.6) is 6.01 Å². The van der Waals surface area contributed by atoms with Gasteiger partial charge < -0.3 is 14.4 Å². The van der Waals surface area contributed by atoms with E-state index in [9.17, 15) is 0 Å². The summed E-state index contributed by atoms with van der Waals surface area (Å²) in [5, 5.41) is 0. The molecule has 1 fully saturated rings. The predicted octanol–water partition coefficient (Wildman–Crippen LogP) is 0.0286. The van der Waals surface area contributed by atoms with E-state index in [1.165, 1.54) is 7.11 Å². The van der Waals surface area contributed by atoms with Crippen molar-refractivity contribution < 1.29 is 9.47 Å². The van der Waals surface area contributed by atoms with Gasteiger partial charge in [0, 0.05) is 20.2 Å². The van der Waals surface area contributed by atoms with Gasteiger partial charge in [-0.25, -0.2) is 5.84 Å². The first-order valence-corrected chi connectivity index (χ1v) is 6.28. The summed E-state index contributed by atoms with van der Waals surface area (Å²) in [7, 11) is 3.44. The molecule has 1 aromatic heterocycles. The maximum absolute atomic E-state index is 5.47. The van der Waals surface area contributed by atoms with E-state index in [2.05, 4.69) is 20.4 Å². The molecule has 1 aromatic rings. The molecule has 2 rings (SSSR count). The van der Waals surface area contributed by atoms with Gasteiger partial charge in [0.05, 0.1) is 13.7 Å².